The summed E-state index contributed by atoms with van der Waals surface area (Å²) in [6, 6.07) is 5.48. The molecule has 0 aromatic heterocycles. The Balaban J connectivity index is 2.56. The van der Waals surface area contributed by atoms with Gasteiger partial charge < -0.3 is 11.1 Å². The van der Waals surface area contributed by atoms with Gasteiger partial charge in [-0.1, -0.05) is 29.3 Å². The van der Waals surface area contributed by atoms with Gasteiger partial charge in [-0.3, -0.25) is 0 Å². The first-order valence-corrected chi connectivity index (χ1v) is 4.84. The van der Waals surface area contributed by atoms with Crippen LogP contribution in [0.2, 0.25) is 10.0 Å². The average molecular weight is 219 g/mol. The molecule has 1 aromatic carbocycles. The highest BCUT2D eigenvalue weighted by Gasteiger charge is 1.99. The summed E-state index contributed by atoms with van der Waals surface area (Å²) in [5.41, 5.74) is 6.38. The third kappa shape index (κ3) is 3.53. The number of hydrogen-bond acceptors (Lipinski definition) is 2. The van der Waals surface area contributed by atoms with Crippen LogP contribution in [0.1, 0.15) is 5.56 Å². The molecule has 0 spiro atoms. The van der Waals surface area contributed by atoms with Gasteiger partial charge in [0.05, 0.1) is 0 Å². The van der Waals surface area contributed by atoms with Crippen molar-refractivity contribution in [3.05, 3.63) is 33.8 Å². The zero-order valence-corrected chi connectivity index (χ0v) is 8.70. The SMILES string of the molecule is NCCNCc1ccc(Cl)cc1Cl. The summed E-state index contributed by atoms with van der Waals surface area (Å²) >= 11 is 11.7. The van der Waals surface area contributed by atoms with Gasteiger partial charge in [0.15, 0.2) is 0 Å². The van der Waals surface area contributed by atoms with Crippen molar-refractivity contribution in [3.63, 3.8) is 0 Å². The quantitative estimate of drug-likeness (QED) is 0.760. The van der Waals surface area contributed by atoms with Gasteiger partial charge >= 0.3 is 0 Å². The fourth-order valence-corrected chi connectivity index (χ4v) is 1.47. The van der Waals surface area contributed by atoms with Crippen LogP contribution in [0.5, 0.6) is 0 Å². The van der Waals surface area contributed by atoms with Crippen molar-refractivity contribution in [1.82, 2.24) is 5.32 Å². The van der Waals surface area contributed by atoms with Crippen LogP contribution in [0.15, 0.2) is 18.2 Å². The predicted octanol–water partition coefficient (Wildman–Crippen LogP) is 2.04. The topological polar surface area (TPSA) is 38.0 Å². The number of halogens is 2. The lowest BCUT2D eigenvalue weighted by atomic mass is 10.2. The van der Waals surface area contributed by atoms with Crippen LogP contribution in [-0.4, -0.2) is 13.1 Å². The lowest BCUT2D eigenvalue weighted by Gasteiger charge is -2.05. The summed E-state index contributed by atoms with van der Waals surface area (Å²) < 4.78 is 0. The van der Waals surface area contributed by atoms with Crippen molar-refractivity contribution in [2.45, 2.75) is 6.54 Å². The fourth-order valence-electron chi connectivity index (χ4n) is 0.990. The Morgan fingerprint density at radius 1 is 1.31 bits per heavy atom. The number of benzene rings is 1. The molecule has 0 amide bonds. The van der Waals surface area contributed by atoms with E-state index in [1.165, 1.54) is 0 Å². The van der Waals surface area contributed by atoms with E-state index in [1.54, 1.807) is 6.07 Å². The molecule has 0 aliphatic heterocycles. The summed E-state index contributed by atoms with van der Waals surface area (Å²) in [5, 5.41) is 4.51. The van der Waals surface area contributed by atoms with E-state index >= 15 is 0 Å². The van der Waals surface area contributed by atoms with Crippen molar-refractivity contribution in [2.75, 3.05) is 13.1 Å². The van der Waals surface area contributed by atoms with E-state index in [2.05, 4.69) is 5.32 Å². The molecule has 0 saturated carbocycles. The second-order valence-electron chi connectivity index (χ2n) is 2.70. The Hall–Kier alpha value is -0.280. The first-order valence-electron chi connectivity index (χ1n) is 4.08. The van der Waals surface area contributed by atoms with Crippen molar-refractivity contribution in [2.24, 2.45) is 5.73 Å². The molecule has 0 fully saturated rings. The van der Waals surface area contributed by atoms with Crippen molar-refractivity contribution in [3.8, 4) is 0 Å². The maximum Gasteiger partial charge on any atom is 0.0465 e. The first-order chi connectivity index (χ1) is 6.24. The maximum atomic E-state index is 5.95. The van der Waals surface area contributed by atoms with Crippen LogP contribution >= 0.6 is 23.2 Å². The Bertz CT molecular complexity index is 276. The second kappa shape index (κ2) is 5.45. The van der Waals surface area contributed by atoms with Crippen molar-refractivity contribution in [1.29, 1.82) is 0 Å². The van der Waals surface area contributed by atoms with E-state index in [-0.39, 0.29) is 0 Å². The predicted molar refractivity (Wildman–Crippen MR) is 57.2 cm³/mol. The molecule has 0 atom stereocenters. The summed E-state index contributed by atoms with van der Waals surface area (Å²) in [6.07, 6.45) is 0. The molecule has 0 aliphatic carbocycles. The lowest BCUT2D eigenvalue weighted by Crippen LogP contribution is -2.21. The minimum Gasteiger partial charge on any atom is -0.329 e. The molecule has 1 rings (SSSR count). The number of nitrogens with one attached hydrogen (secondary N) is 1. The Kier molecular flexibility index (Phi) is 4.53. The van der Waals surface area contributed by atoms with Crippen LogP contribution in [0.25, 0.3) is 0 Å². The molecular formula is C9H12Cl2N2. The molecule has 1 aromatic rings. The molecule has 0 radical (unpaired) electrons. The molecule has 0 unspecified atom stereocenters. The van der Waals surface area contributed by atoms with Gasteiger partial charge in [-0.25, -0.2) is 0 Å². The normalized spacial score (nSPS) is 10.4. The molecule has 2 nitrogen and oxygen atoms in total. The smallest absolute Gasteiger partial charge is 0.0465 e. The van der Waals surface area contributed by atoms with Gasteiger partial charge in [0.2, 0.25) is 0 Å². The van der Waals surface area contributed by atoms with Gasteiger partial charge in [-0.05, 0) is 17.7 Å². The molecule has 0 bridgehead atoms. The van der Waals surface area contributed by atoms with E-state index in [0.717, 1.165) is 18.7 Å². The van der Waals surface area contributed by atoms with Crippen molar-refractivity contribution >= 4 is 23.2 Å². The highest BCUT2D eigenvalue weighted by Crippen LogP contribution is 2.20. The number of hydrogen-bond donors (Lipinski definition) is 2. The van der Waals surface area contributed by atoms with E-state index < -0.39 is 0 Å². The Labute approximate surface area is 88.0 Å². The van der Waals surface area contributed by atoms with Crippen LogP contribution in [-0.2, 0) is 6.54 Å². The highest BCUT2D eigenvalue weighted by molar-refractivity contribution is 6.35. The van der Waals surface area contributed by atoms with E-state index in [4.69, 9.17) is 28.9 Å². The van der Waals surface area contributed by atoms with E-state index in [0.29, 0.717) is 16.6 Å². The van der Waals surface area contributed by atoms with Crippen LogP contribution in [0.4, 0.5) is 0 Å². The highest BCUT2D eigenvalue weighted by atomic mass is 35.5. The minimum absolute atomic E-state index is 0.630. The molecular weight excluding hydrogens is 207 g/mol. The Morgan fingerprint density at radius 2 is 2.08 bits per heavy atom. The molecule has 72 valence electrons. The third-order valence-electron chi connectivity index (χ3n) is 1.65. The van der Waals surface area contributed by atoms with Crippen LogP contribution in [0, 0.1) is 0 Å². The standard InChI is InChI=1S/C9H12Cl2N2/c10-8-2-1-7(9(11)5-8)6-13-4-3-12/h1-2,5,13H,3-4,6,12H2. The van der Waals surface area contributed by atoms with Gasteiger partial charge in [-0.15, -0.1) is 0 Å². The minimum atomic E-state index is 0.630. The summed E-state index contributed by atoms with van der Waals surface area (Å²) in [7, 11) is 0. The average Bonchev–Trinajstić information content (AvgIpc) is 2.09. The maximum absolute atomic E-state index is 5.95. The molecule has 4 heteroatoms. The molecule has 13 heavy (non-hydrogen) atoms. The summed E-state index contributed by atoms with van der Waals surface area (Å²) in [6.45, 7) is 2.15. The molecule has 0 saturated heterocycles. The van der Waals surface area contributed by atoms with E-state index in [9.17, 15) is 0 Å². The zero-order chi connectivity index (χ0) is 9.68. The monoisotopic (exact) mass is 218 g/mol. The molecule has 0 aliphatic rings. The Morgan fingerprint density at radius 3 is 2.69 bits per heavy atom. The largest absolute Gasteiger partial charge is 0.329 e. The molecule has 0 heterocycles. The van der Waals surface area contributed by atoms with Crippen LogP contribution < -0.4 is 11.1 Å². The van der Waals surface area contributed by atoms with Gasteiger partial charge in [0.25, 0.3) is 0 Å². The lowest BCUT2D eigenvalue weighted by molar-refractivity contribution is 0.695. The zero-order valence-electron chi connectivity index (χ0n) is 7.19. The number of rotatable bonds is 4. The van der Waals surface area contributed by atoms with Crippen molar-refractivity contribution < 1.29 is 0 Å². The fraction of sp³-hybridized carbons (Fsp3) is 0.333. The number of nitrogens with two attached hydrogens (primary N) is 1. The molecule has 3 N–H and O–H groups in total. The third-order valence-corrected chi connectivity index (χ3v) is 2.24. The summed E-state index contributed by atoms with van der Waals surface area (Å²) in [5.74, 6) is 0. The van der Waals surface area contributed by atoms with Gasteiger partial charge in [0.1, 0.15) is 0 Å². The van der Waals surface area contributed by atoms with Crippen LogP contribution in [0.3, 0.4) is 0 Å². The van der Waals surface area contributed by atoms with Gasteiger partial charge in [0, 0.05) is 29.7 Å². The summed E-state index contributed by atoms with van der Waals surface area (Å²) in [4.78, 5) is 0. The second-order valence-corrected chi connectivity index (χ2v) is 3.54. The first kappa shape index (κ1) is 10.8. The van der Waals surface area contributed by atoms with Gasteiger partial charge in [-0.2, -0.15) is 0 Å². The van der Waals surface area contributed by atoms with E-state index in [1.807, 2.05) is 12.1 Å².